The van der Waals surface area contributed by atoms with Crippen LogP contribution in [0.2, 0.25) is 17.3 Å². The second-order valence-corrected chi connectivity index (χ2v) is 25.9. The van der Waals surface area contributed by atoms with E-state index in [2.05, 4.69) is 91.6 Å². The topological polar surface area (TPSA) is 50.2 Å². The van der Waals surface area contributed by atoms with Crippen LogP contribution < -0.4 is 4.40 Å². The van der Waals surface area contributed by atoms with Crippen LogP contribution in [0, 0.1) is 17.9 Å². The quantitative estimate of drug-likeness (QED) is 0.0694. The van der Waals surface area contributed by atoms with Gasteiger partial charge in [-0.2, -0.15) is 0 Å². The summed E-state index contributed by atoms with van der Waals surface area (Å²) in [5, 5.41) is 14.0. The Morgan fingerprint density at radius 3 is 2.15 bits per heavy atom. The van der Waals surface area contributed by atoms with Gasteiger partial charge in [0.15, 0.2) is 5.78 Å². The molecule has 5 rings (SSSR count). The fourth-order valence-electron chi connectivity index (χ4n) is 6.13. The van der Waals surface area contributed by atoms with Gasteiger partial charge in [-0.3, -0.25) is 4.79 Å². The number of carbonyl (C=O) groups excluding carboxylic acids is 1. The standard InChI is InChI=1S/C28H28GeNS.C13H24O2.Ir/c1-28(2,3)23-17-19(16-18-10-7-8-11-20(18)23)25-27-22(14-15-30-25)21-12-9-13-24(26(21)31-27)29(4,5)6;1-5-10(6-2)12(14)9-13(15)11(7-3)8-4;/h7-15,17H,1-6H3;9-11,14H,5-8H2,1-4H3;/q-1;;/b;12-9-;/i14D,15D;;. The Kier molecular flexibility index (Phi) is 12.6. The van der Waals surface area contributed by atoms with Gasteiger partial charge in [-0.05, 0) is 25.7 Å². The minimum atomic E-state index is -2.13. The Bertz CT molecular complexity index is 1960. The van der Waals surface area contributed by atoms with E-state index in [1.54, 1.807) is 11.3 Å². The Labute approximate surface area is 305 Å². The third-order valence-corrected chi connectivity index (χ3v) is 14.9. The third kappa shape index (κ3) is 8.84. The van der Waals surface area contributed by atoms with Gasteiger partial charge in [-0.25, -0.2) is 0 Å². The molecule has 1 radical (unpaired) electrons. The Morgan fingerprint density at radius 1 is 0.936 bits per heavy atom. The van der Waals surface area contributed by atoms with Gasteiger partial charge in [0, 0.05) is 38.0 Å². The van der Waals surface area contributed by atoms with Crippen LogP contribution in [0.3, 0.4) is 0 Å². The molecule has 0 atom stereocenters. The molecule has 0 aliphatic rings. The summed E-state index contributed by atoms with van der Waals surface area (Å²) in [6.45, 7) is 14.8. The largest absolute Gasteiger partial charge is 0 e. The number of hydrogen-bond donors (Lipinski definition) is 1. The predicted molar refractivity (Wildman–Crippen MR) is 204 cm³/mol. The third-order valence-electron chi connectivity index (χ3n) is 9.01. The van der Waals surface area contributed by atoms with Gasteiger partial charge < -0.3 is 5.11 Å². The summed E-state index contributed by atoms with van der Waals surface area (Å²) < 4.78 is 20.9. The summed E-state index contributed by atoms with van der Waals surface area (Å²) in [7, 11) is 0. The molecule has 0 bridgehead atoms. The molecule has 5 aromatic rings. The predicted octanol–water partition coefficient (Wildman–Crippen LogP) is 11.8. The summed E-state index contributed by atoms with van der Waals surface area (Å²) in [5.41, 5.74) is 2.88. The number of rotatable bonds is 9. The van der Waals surface area contributed by atoms with Gasteiger partial charge in [-0.1, -0.05) is 27.7 Å². The van der Waals surface area contributed by atoms with E-state index in [1.807, 2.05) is 33.8 Å². The molecule has 47 heavy (non-hydrogen) atoms. The van der Waals surface area contributed by atoms with E-state index >= 15 is 0 Å². The van der Waals surface area contributed by atoms with Crippen LogP contribution in [0.4, 0.5) is 0 Å². The van der Waals surface area contributed by atoms with Gasteiger partial charge in [0.1, 0.15) is 0 Å². The normalized spacial score (nSPS) is 13.1. The number of hydrogen-bond acceptors (Lipinski definition) is 4. The minimum Gasteiger partial charge on any atom is 0 e. The molecule has 253 valence electrons. The number of ketones is 1. The Morgan fingerprint density at radius 2 is 1.55 bits per heavy atom. The zero-order chi connectivity index (χ0) is 35.6. The Hall–Kier alpha value is -2.31. The van der Waals surface area contributed by atoms with E-state index in [-0.39, 0.29) is 61.1 Å². The molecule has 0 saturated carbocycles. The number of aliphatic hydroxyl groups is 1. The molecule has 2 heterocycles. The fraction of sp³-hybridized carbons (Fsp3) is 0.415. The van der Waals surface area contributed by atoms with Crippen molar-refractivity contribution >= 4 is 65.7 Å². The molecule has 6 heteroatoms. The molecule has 0 spiro atoms. The number of fused-ring (bicyclic) bond motifs is 4. The van der Waals surface area contributed by atoms with E-state index in [0.29, 0.717) is 0 Å². The summed E-state index contributed by atoms with van der Waals surface area (Å²) in [4.78, 5) is 16.4. The summed E-state index contributed by atoms with van der Waals surface area (Å²) in [5.74, 6) is 7.76. The van der Waals surface area contributed by atoms with Crippen LogP contribution >= 0.6 is 11.3 Å². The second kappa shape index (κ2) is 16.4. The number of pyridine rings is 1. The number of carbonyl (C=O) groups is 1. The first-order chi connectivity index (χ1) is 22.6. The molecule has 1 N–H and O–H groups in total. The van der Waals surface area contributed by atoms with Crippen molar-refractivity contribution in [2.45, 2.75) is 96.8 Å². The molecule has 0 amide bonds. The minimum absolute atomic E-state index is 0. The maximum absolute atomic E-state index is 11.7. The Balaban J connectivity index is 0.000000347. The summed E-state index contributed by atoms with van der Waals surface area (Å²) in [6, 6.07) is 20.9. The summed E-state index contributed by atoms with van der Waals surface area (Å²) >= 11 is -0.393. The van der Waals surface area contributed by atoms with Crippen LogP contribution in [0.25, 0.3) is 42.2 Å². The molecule has 0 unspecified atom stereocenters. The number of aromatic nitrogens is 1. The zero-order valence-corrected chi connectivity index (χ0v) is 35.0. The number of allylic oxidation sites excluding steroid dienone is 2. The van der Waals surface area contributed by atoms with Gasteiger partial charge in [0.25, 0.3) is 0 Å². The van der Waals surface area contributed by atoms with Gasteiger partial charge in [-0.15, -0.1) is 0 Å². The zero-order valence-electron chi connectivity index (χ0n) is 31.7. The molecule has 0 fully saturated rings. The van der Waals surface area contributed by atoms with Crippen molar-refractivity contribution in [1.82, 2.24) is 4.98 Å². The first-order valence-corrected chi connectivity index (χ1v) is 25.0. The van der Waals surface area contributed by atoms with Crippen molar-refractivity contribution in [3.05, 3.63) is 84.2 Å². The molecule has 0 aliphatic carbocycles. The maximum atomic E-state index is 11.7. The number of benzene rings is 3. The number of nitrogens with zero attached hydrogens (tertiary/aromatic N) is 1. The van der Waals surface area contributed by atoms with Gasteiger partial charge in [0.05, 0.1) is 5.76 Å². The monoisotopic (exact) mass is 891 g/mol. The van der Waals surface area contributed by atoms with Crippen LogP contribution in [0.5, 0.6) is 0 Å². The smallest absolute Gasteiger partial charge is 0 e. The average Bonchev–Trinajstić information content (AvgIpc) is 3.43. The van der Waals surface area contributed by atoms with E-state index < -0.39 is 13.3 Å². The SMILES string of the molecule is CCC(CC)C(=O)/C=C(\O)C(CC)CC.[2H]c1nc(-c2[c-]c3ccccc3c(C(C)(C)C)c2)c2sc3[c]([Ge]([CH3])([CH3])[CH3])cccc3c2c1[2H].[Ir]. The molecule has 3 aromatic carbocycles. The van der Waals surface area contributed by atoms with Crippen molar-refractivity contribution in [3.63, 3.8) is 0 Å². The molecule has 2 aromatic heterocycles. The van der Waals surface area contributed by atoms with E-state index in [0.717, 1.165) is 57.8 Å². The maximum Gasteiger partial charge on any atom is 0 e. The molecule has 0 aliphatic heterocycles. The average molecular weight is 890 g/mol. The molecular weight excluding hydrogens is 835 g/mol. The van der Waals surface area contributed by atoms with Crippen molar-refractivity contribution in [2.75, 3.05) is 0 Å². The van der Waals surface area contributed by atoms with Gasteiger partial charge >= 0.3 is 195 Å². The van der Waals surface area contributed by atoms with Crippen molar-refractivity contribution in [2.24, 2.45) is 11.8 Å². The fourth-order valence-corrected chi connectivity index (χ4v) is 12.2. The second-order valence-electron chi connectivity index (χ2n) is 14.3. The van der Waals surface area contributed by atoms with Crippen molar-refractivity contribution in [3.8, 4) is 11.3 Å². The van der Waals surface area contributed by atoms with E-state index in [1.165, 1.54) is 26.1 Å². The molecule has 3 nitrogen and oxygen atoms in total. The first kappa shape index (κ1) is 36.0. The molecule has 0 saturated heterocycles. The van der Waals surface area contributed by atoms with E-state index in [9.17, 15) is 9.90 Å². The number of aliphatic hydroxyl groups excluding tert-OH is 1. The van der Waals surface area contributed by atoms with Crippen LogP contribution in [0.1, 0.15) is 82.5 Å². The number of thiophene rings is 1. The van der Waals surface area contributed by atoms with Crippen molar-refractivity contribution < 1.29 is 32.7 Å². The van der Waals surface area contributed by atoms with Crippen LogP contribution in [-0.2, 0) is 30.3 Å². The van der Waals surface area contributed by atoms with Crippen molar-refractivity contribution in [1.29, 1.82) is 0 Å². The van der Waals surface area contributed by atoms with Gasteiger partial charge in [0.2, 0.25) is 0 Å². The first-order valence-electron chi connectivity index (χ1n) is 17.8. The van der Waals surface area contributed by atoms with E-state index in [4.69, 9.17) is 2.74 Å². The van der Waals surface area contributed by atoms with Crippen LogP contribution in [0.15, 0.2) is 72.6 Å². The summed E-state index contributed by atoms with van der Waals surface area (Å²) in [6.07, 6.45) is 4.93. The van der Waals surface area contributed by atoms with Crippen LogP contribution in [-0.4, -0.2) is 29.1 Å². The molecular formula is C41H52GeIrNO2S-.